The van der Waals surface area contributed by atoms with Gasteiger partial charge in [0.2, 0.25) is 5.91 Å². The molecule has 4 aromatic carbocycles. The molecule has 0 radical (unpaired) electrons. The molecule has 0 spiro atoms. The van der Waals surface area contributed by atoms with Crippen molar-refractivity contribution in [2.75, 3.05) is 16.1 Å². The first-order valence-corrected chi connectivity index (χ1v) is 14.8. The molecular formula is C33H26ClN5O4S. The van der Waals surface area contributed by atoms with E-state index in [0.29, 0.717) is 33.4 Å². The van der Waals surface area contributed by atoms with Gasteiger partial charge in [0.1, 0.15) is 11.5 Å². The van der Waals surface area contributed by atoms with Gasteiger partial charge in [-0.2, -0.15) is 10.1 Å². The van der Waals surface area contributed by atoms with Crippen LogP contribution < -0.4 is 21.0 Å². The van der Waals surface area contributed by atoms with Crippen LogP contribution in [-0.4, -0.2) is 35.2 Å². The molecule has 0 aliphatic carbocycles. The zero-order valence-corrected chi connectivity index (χ0v) is 24.8. The van der Waals surface area contributed by atoms with Gasteiger partial charge in [0.15, 0.2) is 0 Å². The van der Waals surface area contributed by atoms with Crippen molar-refractivity contribution in [2.45, 2.75) is 11.3 Å². The molecule has 4 amide bonds. The Labute approximate surface area is 263 Å². The van der Waals surface area contributed by atoms with Crippen LogP contribution in [0.1, 0.15) is 22.3 Å². The maximum atomic E-state index is 13.3. The van der Waals surface area contributed by atoms with Gasteiger partial charge in [-0.25, -0.2) is 0 Å². The van der Waals surface area contributed by atoms with Crippen molar-refractivity contribution in [1.29, 1.82) is 0 Å². The third-order valence-electron chi connectivity index (χ3n) is 6.28. The first-order chi connectivity index (χ1) is 21.4. The van der Waals surface area contributed by atoms with Crippen molar-refractivity contribution in [3.05, 3.63) is 131 Å². The predicted molar refractivity (Wildman–Crippen MR) is 173 cm³/mol. The highest BCUT2D eigenvalue weighted by Gasteiger charge is 2.26. The van der Waals surface area contributed by atoms with Gasteiger partial charge in [0, 0.05) is 21.2 Å². The summed E-state index contributed by atoms with van der Waals surface area (Å²) in [4.78, 5) is 51.7. The molecule has 1 aliphatic rings. The Kier molecular flexibility index (Phi) is 9.85. The predicted octanol–water partition coefficient (Wildman–Crippen LogP) is 5.71. The van der Waals surface area contributed by atoms with E-state index < -0.39 is 11.8 Å². The quantitative estimate of drug-likeness (QED) is 0.163. The molecule has 11 heteroatoms. The zero-order valence-electron chi connectivity index (χ0n) is 23.2. The molecule has 3 N–H and O–H groups in total. The number of para-hydroxylation sites is 1. The lowest BCUT2D eigenvalue weighted by Crippen LogP contribution is -2.31. The number of rotatable bonds is 9. The summed E-state index contributed by atoms with van der Waals surface area (Å²) in [7, 11) is 0. The number of hydrazone groups is 1. The molecule has 44 heavy (non-hydrogen) atoms. The summed E-state index contributed by atoms with van der Waals surface area (Å²) in [6.07, 6.45) is 1.53. The number of benzene rings is 4. The largest absolute Gasteiger partial charge is 0.321 e. The average molecular weight is 624 g/mol. The molecule has 1 aliphatic heterocycles. The van der Waals surface area contributed by atoms with Gasteiger partial charge in [-0.05, 0) is 66.2 Å². The maximum Gasteiger partial charge on any atom is 0.272 e. The van der Waals surface area contributed by atoms with Crippen molar-refractivity contribution in [1.82, 2.24) is 10.6 Å². The van der Waals surface area contributed by atoms with Gasteiger partial charge in [-0.15, -0.1) is 11.8 Å². The Balaban J connectivity index is 1.19. The van der Waals surface area contributed by atoms with E-state index in [0.717, 1.165) is 4.90 Å². The van der Waals surface area contributed by atoms with Crippen LogP contribution in [0.25, 0.3) is 6.08 Å². The first-order valence-electron chi connectivity index (χ1n) is 13.5. The average Bonchev–Trinajstić information content (AvgIpc) is 3.41. The van der Waals surface area contributed by atoms with Crippen molar-refractivity contribution < 1.29 is 19.2 Å². The minimum atomic E-state index is -0.537. The highest BCUT2D eigenvalue weighted by molar-refractivity contribution is 8.00. The summed E-state index contributed by atoms with van der Waals surface area (Å²) < 4.78 is 0. The maximum absolute atomic E-state index is 13.3. The number of hydrogen-bond acceptors (Lipinski definition) is 6. The summed E-state index contributed by atoms with van der Waals surface area (Å²) in [6.45, 7) is 0. The van der Waals surface area contributed by atoms with E-state index in [1.807, 2.05) is 18.2 Å². The number of anilines is 2. The van der Waals surface area contributed by atoms with Gasteiger partial charge >= 0.3 is 0 Å². The van der Waals surface area contributed by atoms with Crippen LogP contribution in [0, 0.1) is 0 Å². The Hall–Kier alpha value is -5.19. The highest BCUT2D eigenvalue weighted by Crippen LogP contribution is 2.23. The standard InChI is InChI=1S/C33H26ClN5O4S/c34-27-14-8-7-11-23(27)19-28(36-32(42)22-9-3-1-4-10-22)33(43)35-24-15-17-26(18-16-24)44-21-30(40)37-29-20-31(41)39(38-29)25-12-5-2-6-13-25/h1-19H,20-21H2,(H,35,43)(H,36,42)(H,37,38,40)/b28-19-. The van der Waals surface area contributed by atoms with E-state index in [9.17, 15) is 19.2 Å². The number of carbonyl (C=O) groups is 4. The first kappa shape index (κ1) is 30.3. The third-order valence-corrected chi connectivity index (χ3v) is 7.63. The van der Waals surface area contributed by atoms with E-state index in [1.54, 1.807) is 91.0 Å². The monoisotopic (exact) mass is 623 g/mol. The molecule has 4 aromatic rings. The minimum Gasteiger partial charge on any atom is -0.321 e. The summed E-state index contributed by atoms with van der Waals surface area (Å²) >= 11 is 7.59. The molecule has 0 saturated heterocycles. The number of halogens is 1. The molecular weight excluding hydrogens is 598 g/mol. The molecule has 9 nitrogen and oxygen atoms in total. The number of nitrogens with one attached hydrogen (secondary N) is 3. The van der Waals surface area contributed by atoms with Crippen LogP contribution >= 0.6 is 23.4 Å². The Morgan fingerprint density at radius 3 is 2.20 bits per heavy atom. The number of amidine groups is 1. The fourth-order valence-corrected chi connectivity index (χ4v) is 5.03. The number of carbonyl (C=O) groups excluding carboxylic acids is 4. The summed E-state index contributed by atoms with van der Waals surface area (Å²) in [5.41, 5.74) is 2.10. The smallest absolute Gasteiger partial charge is 0.272 e. The topological polar surface area (TPSA) is 120 Å². The molecule has 5 rings (SSSR count). The summed E-state index contributed by atoms with van der Waals surface area (Å²) in [6, 6.07) is 31.5. The van der Waals surface area contributed by atoms with Crippen molar-refractivity contribution >= 4 is 70.3 Å². The lowest BCUT2D eigenvalue weighted by atomic mass is 10.1. The van der Waals surface area contributed by atoms with Crippen molar-refractivity contribution in [3.8, 4) is 0 Å². The van der Waals surface area contributed by atoms with E-state index in [1.165, 1.54) is 22.8 Å². The molecule has 220 valence electrons. The second kappa shape index (κ2) is 14.3. The van der Waals surface area contributed by atoms with Crippen LogP contribution in [0.3, 0.4) is 0 Å². The summed E-state index contributed by atoms with van der Waals surface area (Å²) in [5, 5.41) is 14.1. The minimum absolute atomic E-state index is 0.0123. The lowest BCUT2D eigenvalue weighted by molar-refractivity contribution is -0.117. The Morgan fingerprint density at radius 1 is 0.841 bits per heavy atom. The number of amides is 4. The number of thioether (sulfide) groups is 1. The van der Waals surface area contributed by atoms with Crippen LogP contribution in [0.4, 0.5) is 11.4 Å². The van der Waals surface area contributed by atoms with Crippen LogP contribution in [0.2, 0.25) is 5.02 Å². The van der Waals surface area contributed by atoms with E-state index in [4.69, 9.17) is 11.6 Å². The van der Waals surface area contributed by atoms with Gasteiger partial charge in [-0.1, -0.05) is 66.2 Å². The van der Waals surface area contributed by atoms with Gasteiger partial charge < -0.3 is 16.0 Å². The van der Waals surface area contributed by atoms with Crippen molar-refractivity contribution in [3.63, 3.8) is 0 Å². The second-order valence-corrected chi connectivity index (χ2v) is 10.9. The van der Waals surface area contributed by atoms with E-state index in [-0.39, 0.29) is 29.7 Å². The fourth-order valence-electron chi connectivity index (χ4n) is 4.14. The normalized spacial score (nSPS) is 12.8. The third kappa shape index (κ3) is 8.00. The van der Waals surface area contributed by atoms with Gasteiger partial charge in [0.05, 0.1) is 17.9 Å². The number of hydrogen-bond donors (Lipinski definition) is 3. The van der Waals surface area contributed by atoms with Gasteiger partial charge in [0.25, 0.3) is 17.7 Å². The second-order valence-electron chi connectivity index (χ2n) is 9.48. The van der Waals surface area contributed by atoms with E-state index in [2.05, 4.69) is 21.1 Å². The van der Waals surface area contributed by atoms with Gasteiger partial charge in [-0.3, -0.25) is 19.2 Å². The molecule has 0 fully saturated rings. The van der Waals surface area contributed by atoms with Crippen LogP contribution in [0.15, 0.2) is 125 Å². The highest BCUT2D eigenvalue weighted by atomic mass is 35.5. The molecule has 0 atom stereocenters. The zero-order chi connectivity index (χ0) is 30.9. The molecule has 1 heterocycles. The van der Waals surface area contributed by atoms with Crippen LogP contribution in [0.5, 0.6) is 0 Å². The molecule has 0 bridgehead atoms. The van der Waals surface area contributed by atoms with Crippen molar-refractivity contribution in [2.24, 2.45) is 5.10 Å². The fraction of sp³-hybridized carbons (Fsp3) is 0.0606. The lowest BCUT2D eigenvalue weighted by Gasteiger charge is -2.12. The van der Waals surface area contributed by atoms with Crippen LogP contribution in [-0.2, 0) is 14.4 Å². The Bertz CT molecular complexity index is 1750. The Morgan fingerprint density at radius 2 is 1.50 bits per heavy atom. The summed E-state index contributed by atoms with van der Waals surface area (Å²) in [5.74, 6) is -1.10. The molecule has 0 aromatic heterocycles. The van der Waals surface area contributed by atoms with E-state index >= 15 is 0 Å². The SMILES string of the molecule is O=C(CSc1ccc(NC(=O)/C(=C/c2ccccc2Cl)NC(=O)c2ccccc2)cc1)NC1=NN(c2ccccc2)C(=O)C1. The molecule has 0 saturated carbocycles. The number of nitrogens with zero attached hydrogens (tertiary/aromatic N) is 2. The molecule has 0 unspecified atom stereocenters.